The molecule has 0 aliphatic carbocycles. The smallest absolute Gasteiger partial charge is 0.293 e. The molecule has 19 heavy (non-hydrogen) atoms. The van der Waals surface area contributed by atoms with Crippen LogP contribution in [0.25, 0.3) is 10.6 Å². The molecule has 0 saturated carbocycles. The molecule has 0 fully saturated rings. The first kappa shape index (κ1) is 14.1. The first-order valence-corrected chi connectivity index (χ1v) is 6.87. The van der Waals surface area contributed by atoms with Gasteiger partial charge < -0.3 is 0 Å². The molecule has 0 spiro atoms. The summed E-state index contributed by atoms with van der Waals surface area (Å²) in [6.07, 6.45) is 0. The van der Waals surface area contributed by atoms with Gasteiger partial charge in [0.1, 0.15) is 10.7 Å². The lowest BCUT2D eigenvalue weighted by molar-refractivity contribution is -0.0328. The predicted octanol–water partition coefficient (Wildman–Crippen LogP) is 4.62. The third-order valence-electron chi connectivity index (χ3n) is 2.20. The quantitative estimate of drug-likeness (QED) is 0.612. The first-order chi connectivity index (χ1) is 8.85. The summed E-state index contributed by atoms with van der Waals surface area (Å²) in [5.74, 6) is -0.133. The van der Waals surface area contributed by atoms with Crippen molar-refractivity contribution >= 4 is 28.9 Å². The normalized spacial score (nSPS) is 11.6. The van der Waals surface area contributed by atoms with Gasteiger partial charge in [-0.05, 0) is 23.9 Å². The summed E-state index contributed by atoms with van der Waals surface area (Å²) in [5, 5.41) is 2.25. The van der Waals surface area contributed by atoms with E-state index in [0.717, 1.165) is 0 Å². The van der Waals surface area contributed by atoms with Crippen LogP contribution in [0.5, 0.6) is 0 Å². The fraction of sp³-hybridized carbons (Fsp3) is 0.167. The lowest BCUT2D eigenvalue weighted by atomic mass is 10.2. The number of halogens is 3. The summed E-state index contributed by atoms with van der Waals surface area (Å²) in [4.78, 5) is 15.4. The Morgan fingerprint density at radius 3 is 2.37 bits per heavy atom. The van der Waals surface area contributed by atoms with Crippen LogP contribution < -0.4 is 0 Å². The average molecular weight is 303 g/mol. The number of alkyl halides is 3. The Balaban J connectivity index is 2.20. The van der Waals surface area contributed by atoms with Gasteiger partial charge >= 0.3 is 5.51 Å². The number of hydrogen-bond acceptors (Lipinski definition) is 4. The SMILES string of the molecule is CC(=O)c1csc(-c2ccc(SC(F)(F)F)cc2)n1. The third-order valence-corrected chi connectivity index (χ3v) is 3.83. The Labute approximate surface area is 115 Å². The van der Waals surface area contributed by atoms with Gasteiger partial charge in [-0.1, -0.05) is 12.1 Å². The molecular weight excluding hydrogens is 295 g/mol. The first-order valence-electron chi connectivity index (χ1n) is 5.18. The van der Waals surface area contributed by atoms with E-state index in [1.54, 1.807) is 17.5 Å². The van der Waals surface area contributed by atoms with E-state index in [1.807, 2.05) is 0 Å². The van der Waals surface area contributed by atoms with Crippen LogP contribution in [0.4, 0.5) is 13.2 Å². The van der Waals surface area contributed by atoms with E-state index in [-0.39, 0.29) is 22.4 Å². The van der Waals surface area contributed by atoms with Crippen molar-refractivity contribution < 1.29 is 18.0 Å². The minimum atomic E-state index is -4.29. The van der Waals surface area contributed by atoms with Gasteiger partial charge in [0.05, 0.1) is 0 Å². The lowest BCUT2D eigenvalue weighted by Crippen LogP contribution is -1.98. The van der Waals surface area contributed by atoms with E-state index in [1.165, 1.54) is 30.4 Å². The number of rotatable bonds is 3. The minimum Gasteiger partial charge on any atom is -0.293 e. The molecule has 2 aromatic rings. The average Bonchev–Trinajstić information content (AvgIpc) is 2.77. The molecule has 2 rings (SSSR count). The zero-order valence-corrected chi connectivity index (χ0v) is 11.3. The Kier molecular flexibility index (Phi) is 3.96. The van der Waals surface area contributed by atoms with Crippen molar-refractivity contribution in [1.29, 1.82) is 0 Å². The molecule has 0 unspecified atom stereocenters. The summed E-state index contributed by atoms with van der Waals surface area (Å²) < 4.78 is 36.5. The maximum absolute atomic E-state index is 12.2. The molecule has 0 aliphatic rings. The minimum absolute atomic E-state index is 0.125. The molecule has 0 amide bonds. The molecular formula is C12H8F3NOS2. The van der Waals surface area contributed by atoms with Crippen LogP contribution in [-0.2, 0) is 0 Å². The van der Waals surface area contributed by atoms with Crippen molar-refractivity contribution in [2.24, 2.45) is 0 Å². The monoisotopic (exact) mass is 303 g/mol. The van der Waals surface area contributed by atoms with Crippen LogP contribution in [-0.4, -0.2) is 16.3 Å². The Morgan fingerprint density at radius 1 is 1.26 bits per heavy atom. The third kappa shape index (κ3) is 3.81. The zero-order chi connectivity index (χ0) is 14.0. The fourth-order valence-corrected chi connectivity index (χ4v) is 2.77. The van der Waals surface area contributed by atoms with Crippen molar-refractivity contribution in [3.8, 4) is 10.6 Å². The largest absolute Gasteiger partial charge is 0.446 e. The summed E-state index contributed by atoms with van der Waals surface area (Å²) in [7, 11) is 0. The van der Waals surface area contributed by atoms with Crippen LogP contribution >= 0.6 is 23.1 Å². The molecule has 7 heteroatoms. The number of hydrogen-bond donors (Lipinski definition) is 0. The molecule has 1 heterocycles. The second-order valence-electron chi connectivity index (χ2n) is 3.67. The van der Waals surface area contributed by atoms with E-state index in [9.17, 15) is 18.0 Å². The zero-order valence-electron chi connectivity index (χ0n) is 9.69. The van der Waals surface area contributed by atoms with E-state index >= 15 is 0 Å². The van der Waals surface area contributed by atoms with Gasteiger partial charge in [-0.2, -0.15) is 13.2 Å². The van der Waals surface area contributed by atoms with Gasteiger partial charge in [0.2, 0.25) is 0 Å². The number of benzene rings is 1. The van der Waals surface area contributed by atoms with Crippen LogP contribution in [0.15, 0.2) is 34.5 Å². The molecule has 1 aromatic heterocycles. The maximum Gasteiger partial charge on any atom is 0.446 e. The van der Waals surface area contributed by atoms with Gasteiger partial charge in [0, 0.05) is 22.8 Å². The fourth-order valence-electron chi connectivity index (χ4n) is 1.37. The van der Waals surface area contributed by atoms with Crippen LogP contribution in [0, 0.1) is 0 Å². The second-order valence-corrected chi connectivity index (χ2v) is 5.66. The highest BCUT2D eigenvalue weighted by Crippen LogP contribution is 2.37. The van der Waals surface area contributed by atoms with Crippen molar-refractivity contribution in [2.45, 2.75) is 17.3 Å². The van der Waals surface area contributed by atoms with Crippen LogP contribution in [0.1, 0.15) is 17.4 Å². The van der Waals surface area contributed by atoms with Crippen molar-refractivity contribution in [3.63, 3.8) is 0 Å². The van der Waals surface area contributed by atoms with E-state index in [2.05, 4.69) is 4.98 Å². The Morgan fingerprint density at radius 2 is 1.89 bits per heavy atom. The van der Waals surface area contributed by atoms with E-state index in [4.69, 9.17) is 0 Å². The summed E-state index contributed by atoms with van der Waals surface area (Å²) in [6.45, 7) is 1.42. The van der Waals surface area contributed by atoms with Gasteiger partial charge in [-0.3, -0.25) is 4.79 Å². The molecule has 0 bridgehead atoms. The highest BCUT2D eigenvalue weighted by atomic mass is 32.2. The molecule has 0 atom stereocenters. The van der Waals surface area contributed by atoms with Crippen LogP contribution in [0.3, 0.4) is 0 Å². The maximum atomic E-state index is 12.2. The Bertz CT molecular complexity index is 590. The molecule has 0 saturated heterocycles. The topological polar surface area (TPSA) is 30.0 Å². The van der Waals surface area contributed by atoms with Gasteiger partial charge in [-0.15, -0.1) is 11.3 Å². The summed E-state index contributed by atoms with van der Waals surface area (Å²) in [5.41, 5.74) is -3.22. The summed E-state index contributed by atoms with van der Waals surface area (Å²) in [6, 6.07) is 5.91. The lowest BCUT2D eigenvalue weighted by Gasteiger charge is -2.05. The molecule has 100 valence electrons. The number of carbonyl (C=O) groups excluding carboxylic acids is 1. The highest BCUT2D eigenvalue weighted by Gasteiger charge is 2.29. The number of nitrogens with zero attached hydrogens (tertiary/aromatic N) is 1. The number of carbonyl (C=O) groups is 1. The molecule has 0 radical (unpaired) electrons. The predicted molar refractivity (Wildman–Crippen MR) is 69.5 cm³/mol. The standard InChI is InChI=1S/C12H8F3NOS2/c1-7(17)10-6-18-11(16-10)8-2-4-9(5-3-8)19-12(13,14)15/h2-6H,1H3. The summed E-state index contributed by atoms with van der Waals surface area (Å²) >= 11 is 1.13. The molecule has 0 N–H and O–H groups in total. The number of thiazole rings is 1. The number of ketones is 1. The van der Waals surface area contributed by atoms with Crippen LogP contribution in [0.2, 0.25) is 0 Å². The van der Waals surface area contributed by atoms with Crippen molar-refractivity contribution in [1.82, 2.24) is 4.98 Å². The second kappa shape index (κ2) is 5.34. The highest BCUT2D eigenvalue weighted by molar-refractivity contribution is 8.00. The van der Waals surface area contributed by atoms with Gasteiger partial charge in [-0.25, -0.2) is 4.98 Å². The van der Waals surface area contributed by atoms with Crippen molar-refractivity contribution in [2.75, 3.05) is 0 Å². The number of Topliss-reactive ketones (excluding diaryl/α,β-unsaturated/α-hetero) is 1. The number of thioether (sulfide) groups is 1. The van der Waals surface area contributed by atoms with E-state index in [0.29, 0.717) is 16.3 Å². The van der Waals surface area contributed by atoms with Gasteiger partial charge in [0.15, 0.2) is 5.78 Å². The van der Waals surface area contributed by atoms with E-state index < -0.39 is 5.51 Å². The molecule has 1 aromatic carbocycles. The molecule has 0 aliphatic heterocycles. The Hall–Kier alpha value is -1.34. The van der Waals surface area contributed by atoms with Crippen molar-refractivity contribution in [3.05, 3.63) is 35.3 Å². The van der Waals surface area contributed by atoms with Gasteiger partial charge in [0.25, 0.3) is 0 Å². The molecule has 2 nitrogen and oxygen atoms in total. The number of aromatic nitrogens is 1.